The van der Waals surface area contributed by atoms with Crippen molar-refractivity contribution in [2.45, 2.75) is 26.4 Å². The molecule has 4 nitrogen and oxygen atoms in total. The van der Waals surface area contributed by atoms with Crippen LogP contribution in [-0.2, 0) is 11.3 Å². The molecule has 0 radical (unpaired) electrons. The molecule has 1 heterocycles. The van der Waals surface area contributed by atoms with Gasteiger partial charge in [0.1, 0.15) is 6.04 Å². The molecule has 1 unspecified atom stereocenters. The molecule has 118 valence electrons. The number of para-hydroxylation sites is 1. The summed E-state index contributed by atoms with van der Waals surface area (Å²) in [7, 11) is 0. The Bertz CT molecular complexity index is 856. The van der Waals surface area contributed by atoms with E-state index in [1.54, 1.807) is 4.68 Å². The normalized spacial score (nSPS) is 12.3. The molecule has 3 rings (SSSR count). The highest BCUT2D eigenvalue weighted by Gasteiger charge is 2.18. The Morgan fingerprint density at radius 3 is 2.83 bits per heavy atom. The van der Waals surface area contributed by atoms with Gasteiger partial charge in [0, 0.05) is 16.4 Å². The number of aryl methyl sites for hydroxylation is 1. The molecule has 0 aliphatic carbocycles. The van der Waals surface area contributed by atoms with E-state index in [-0.39, 0.29) is 11.9 Å². The van der Waals surface area contributed by atoms with Crippen LogP contribution in [0.25, 0.3) is 10.9 Å². The third-order valence-electron chi connectivity index (χ3n) is 3.90. The van der Waals surface area contributed by atoms with Crippen molar-refractivity contribution in [1.82, 2.24) is 15.1 Å². The minimum Gasteiger partial charge on any atom is -0.350 e. The first kappa shape index (κ1) is 15.7. The third-order valence-corrected chi connectivity index (χ3v) is 4.39. The number of nitrogens with zero attached hydrogens (tertiary/aromatic N) is 2. The van der Waals surface area contributed by atoms with Crippen molar-refractivity contribution in [3.63, 3.8) is 0 Å². The van der Waals surface area contributed by atoms with Crippen molar-refractivity contribution >= 4 is 32.7 Å². The van der Waals surface area contributed by atoms with Crippen LogP contribution in [0.1, 0.15) is 24.2 Å². The number of amides is 1. The van der Waals surface area contributed by atoms with Crippen molar-refractivity contribution < 1.29 is 4.79 Å². The van der Waals surface area contributed by atoms with Gasteiger partial charge in [-0.15, -0.1) is 0 Å². The maximum Gasteiger partial charge on any atom is 0.244 e. The third kappa shape index (κ3) is 3.29. The summed E-state index contributed by atoms with van der Waals surface area (Å²) in [6.07, 6.45) is 0. The molecule has 1 amide bonds. The Morgan fingerprint density at radius 1 is 1.26 bits per heavy atom. The molecule has 0 spiro atoms. The molecule has 0 saturated carbocycles. The number of halogens is 1. The lowest BCUT2D eigenvalue weighted by Gasteiger charge is -2.14. The molecule has 1 N–H and O–H groups in total. The van der Waals surface area contributed by atoms with Gasteiger partial charge >= 0.3 is 0 Å². The van der Waals surface area contributed by atoms with E-state index in [0.29, 0.717) is 6.54 Å². The summed E-state index contributed by atoms with van der Waals surface area (Å²) in [5, 5.41) is 8.59. The largest absolute Gasteiger partial charge is 0.350 e. The first-order valence-corrected chi connectivity index (χ1v) is 8.31. The van der Waals surface area contributed by atoms with Crippen LogP contribution in [-0.4, -0.2) is 15.7 Å². The Kier molecular flexibility index (Phi) is 4.48. The molecule has 5 heteroatoms. The van der Waals surface area contributed by atoms with Crippen molar-refractivity contribution in [1.29, 1.82) is 0 Å². The molecule has 3 aromatic rings. The van der Waals surface area contributed by atoms with Crippen LogP contribution in [0.5, 0.6) is 0 Å². The molecular weight excluding hydrogens is 354 g/mol. The SMILES string of the molecule is Cc1nn(C(C)C(=O)NCc2cccc(Br)c2)c2ccccc12. The van der Waals surface area contributed by atoms with Crippen molar-refractivity contribution in [2.24, 2.45) is 0 Å². The Labute approximate surface area is 143 Å². The summed E-state index contributed by atoms with van der Waals surface area (Å²) in [5.41, 5.74) is 2.98. The van der Waals surface area contributed by atoms with Crippen LogP contribution in [0.4, 0.5) is 0 Å². The maximum absolute atomic E-state index is 12.5. The van der Waals surface area contributed by atoms with E-state index in [2.05, 4.69) is 26.3 Å². The van der Waals surface area contributed by atoms with E-state index in [4.69, 9.17) is 0 Å². The van der Waals surface area contributed by atoms with E-state index >= 15 is 0 Å². The highest BCUT2D eigenvalue weighted by atomic mass is 79.9. The molecule has 0 fully saturated rings. The quantitative estimate of drug-likeness (QED) is 0.753. The summed E-state index contributed by atoms with van der Waals surface area (Å²) in [6.45, 7) is 4.33. The van der Waals surface area contributed by atoms with Gasteiger partial charge in [-0.1, -0.05) is 46.3 Å². The van der Waals surface area contributed by atoms with Gasteiger partial charge in [-0.2, -0.15) is 5.10 Å². The number of carbonyl (C=O) groups is 1. The molecule has 1 atom stereocenters. The minimum absolute atomic E-state index is 0.0433. The second kappa shape index (κ2) is 6.54. The van der Waals surface area contributed by atoms with Gasteiger partial charge in [0.2, 0.25) is 5.91 Å². The topological polar surface area (TPSA) is 46.9 Å². The van der Waals surface area contributed by atoms with E-state index in [0.717, 1.165) is 26.6 Å². The van der Waals surface area contributed by atoms with E-state index < -0.39 is 0 Å². The number of aromatic nitrogens is 2. The van der Waals surface area contributed by atoms with Crippen LogP contribution in [0, 0.1) is 6.92 Å². The zero-order valence-electron chi connectivity index (χ0n) is 13.1. The average molecular weight is 372 g/mol. The van der Waals surface area contributed by atoms with Gasteiger partial charge in [-0.3, -0.25) is 9.48 Å². The van der Waals surface area contributed by atoms with E-state index in [9.17, 15) is 4.79 Å². The first-order chi connectivity index (χ1) is 11.1. The van der Waals surface area contributed by atoms with E-state index in [1.165, 1.54) is 0 Å². The van der Waals surface area contributed by atoms with Crippen LogP contribution in [0.15, 0.2) is 53.0 Å². The Hall–Kier alpha value is -2.14. The van der Waals surface area contributed by atoms with Crippen LogP contribution < -0.4 is 5.32 Å². The van der Waals surface area contributed by atoms with Gasteiger partial charge in [0.25, 0.3) is 0 Å². The fourth-order valence-electron chi connectivity index (χ4n) is 2.64. The monoisotopic (exact) mass is 371 g/mol. The predicted octanol–water partition coefficient (Wildman–Crippen LogP) is 3.98. The standard InChI is InChI=1S/C18H18BrN3O/c1-12-16-8-3-4-9-17(16)22(21-12)13(2)18(23)20-11-14-6-5-7-15(19)10-14/h3-10,13H,11H2,1-2H3,(H,20,23). The highest BCUT2D eigenvalue weighted by Crippen LogP contribution is 2.21. The Balaban J connectivity index is 1.76. The average Bonchev–Trinajstić information content (AvgIpc) is 2.89. The fourth-order valence-corrected chi connectivity index (χ4v) is 3.09. The zero-order valence-corrected chi connectivity index (χ0v) is 14.7. The van der Waals surface area contributed by atoms with Gasteiger partial charge < -0.3 is 5.32 Å². The van der Waals surface area contributed by atoms with Crippen molar-refractivity contribution in [2.75, 3.05) is 0 Å². The maximum atomic E-state index is 12.5. The summed E-state index contributed by atoms with van der Waals surface area (Å²) in [6, 6.07) is 15.5. The number of hydrogen-bond acceptors (Lipinski definition) is 2. The van der Waals surface area contributed by atoms with Crippen LogP contribution in [0.2, 0.25) is 0 Å². The van der Waals surface area contributed by atoms with Gasteiger partial charge in [0.15, 0.2) is 0 Å². The summed E-state index contributed by atoms with van der Waals surface area (Å²) < 4.78 is 2.80. The summed E-state index contributed by atoms with van der Waals surface area (Å²) in [5.74, 6) is -0.0433. The molecule has 0 aliphatic heterocycles. The molecule has 0 aliphatic rings. The fraction of sp³-hybridized carbons (Fsp3) is 0.222. The lowest BCUT2D eigenvalue weighted by molar-refractivity contribution is -0.124. The Morgan fingerprint density at radius 2 is 2.04 bits per heavy atom. The number of rotatable bonds is 4. The van der Waals surface area contributed by atoms with Gasteiger partial charge in [0.05, 0.1) is 11.2 Å². The second-order valence-corrected chi connectivity index (χ2v) is 6.49. The molecule has 0 bridgehead atoms. The lowest BCUT2D eigenvalue weighted by Crippen LogP contribution is -2.31. The molecule has 1 aromatic heterocycles. The van der Waals surface area contributed by atoms with Crippen molar-refractivity contribution in [3.8, 4) is 0 Å². The number of fused-ring (bicyclic) bond motifs is 1. The lowest BCUT2D eigenvalue weighted by atomic mass is 10.2. The molecule has 0 saturated heterocycles. The molecule has 2 aromatic carbocycles. The predicted molar refractivity (Wildman–Crippen MR) is 95.2 cm³/mol. The number of carbonyl (C=O) groups excluding carboxylic acids is 1. The summed E-state index contributed by atoms with van der Waals surface area (Å²) >= 11 is 3.44. The number of benzene rings is 2. The second-order valence-electron chi connectivity index (χ2n) is 5.57. The van der Waals surface area contributed by atoms with E-state index in [1.807, 2.05) is 62.4 Å². The van der Waals surface area contributed by atoms with Crippen LogP contribution in [0.3, 0.4) is 0 Å². The van der Waals surface area contributed by atoms with Gasteiger partial charge in [-0.05, 0) is 37.6 Å². The van der Waals surface area contributed by atoms with Gasteiger partial charge in [-0.25, -0.2) is 0 Å². The molecule has 23 heavy (non-hydrogen) atoms. The van der Waals surface area contributed by atoms with Crippen molar-refractivity contribution in [3.05, 3.63) is 64.3 Å². The smallest absolute Gasteiger partial charge is 0.244 e. The molecular formula is C18H18BrN3O. The first-order valence-electron chi connectivity index (χ1n) is 7.52. The highest BCUT2D eigenvalue weighted by molar-refractivity contribution is 9.10. The van der Waals surface area contributed by atoms with Crippen LogP contribution >= 0.6 is 15.9 Å². The minimum atomic E-state index is -0.360. The number of hydrogen-bond donors (Lipinski definition) is 1. The number of nitrogens with one attached hydrogen (secondary N) is 1. The summed E-state index contributed by atoms with van der Waals surface area (Å²) in [4.78, 5) is 12.5. The zero-order chi connectivity index (χ0) is 16.4.